The SMILES string of the molecule is CCC(C)C1CN(CC(COC)OC)CCN1. The highest BCUT2D eigenvalue weighted by Gasteiger charge is 2.24. The van der Waals surface area contributed by atoms with Gasteiger partial charge in [0.1, 0.15) is 0 Å². The summed E-state index contributed by atoms with van der Waals surface area (Å²) < 4.78 is 10.6. The molecule has 1 fully saturated rings. The van der Waals surface area contributed by atoms with Crippen LogP contribution in [0.4, 0.5) is 0 Å². The molecule has 0 aromatic heterocycles. The number of nitrogens with one attached hydrogen (secondary N) is 1. The quantitative estimate of drug-likeness (QED) is 0.723. The number of hydrogen-bond donors (Lipinski definition) is 1. The number of hydrogen-bond acceptors (Lipinski definition) is 4. The fourth-order valence-electron chi connectivity index (χ4n) is 2.34. The van der Waals surface area contributed by atoms with Gasteiger partial charge in [-0.2, -0.15) is 0 Å². The Balaban J connectivity index is 2.37. The minimum atomic E-state index is 0.190. The molecule has 0 amide bonds. The van der Waals surface area contributed by atoms with Gasteiger partial charge in [-0.15, -0.1) is 0 Å². The predicted octanol–water partition coefficient (Wildman–Crippen LogP) is 0.968. The zero-order chi connectivity index (χ0) is 12.7. The Bertz CT molecular complexity index is 200. The second-order valence-corrected chi connectivity index (χ2v) is 5.02. The molecule has 1 aliphatic heterocycles. The maximum atomic E-state index is 5.43. The predicted molar refractivity (Wildman–Crippen MR) is 70.4 cm³/mol. The summed E-state index contributed by atoms with van der Waals surface area (Å²) >= 11 is 0. The first kappa shape index (κ1) is 14.9. The third-order valence-corrected chi connectivity index (χ3v) is 3.77. The molecular formula is C13H28N2O2. The van der Waals surface area contributed by atoms with Crippen molar-refractivity contribution in [2.75, 3.05) is 47.0 Å². The van der Waals surface area contributed by atoms with E-state index in [1.54, 1.807) is 14.2 Å². The minimum absolute atomic E-state index is 0.190. The van der Waals surface area contributed by atoms with Crippen LogP contribution in [0.1, 0.15) is 20.3 Å². The summed E-state index contributed by atoms with van der Waals surface area (Å²) in [6.07, 6.45) is 1.42. The molecule has 0 spiro atoms. The molecule has 0 saturated carbocycles. The maximum absolute atomic E-state index is 5.43. The summed E-state index contributed by atoms with van der Waals surface area (Å²) in [5.41, 5.74) is 0. The van der Waals surface area contributed by atoms with E-state index in [1.807, 2.05) is 0 Å². The lowest BCUT2D eigenvalue weighted by molar-refractivity contribution is -0.000686. The average Bonchev–Trinajstić information content (AvgIpc) is 2.37. The van der Waals surface area contributed by atoms with Gasteiger partial charge in [0, 0.05) is 46.4 Å². The van der Waals surface area contributed by atoms with Gasteiger partial charge in [-0.1, -0.05) is 20.3 Å². The first-order valence-electron chi connectivity index (χ1n) is 6.68. The van der Waals surface area contributed by atoms with E-state index >= 15 is 0 Å². The van der Waals surface area contributed by atoms with Crippen LogP contribution in [0.5, 0.6) is 0 Å². The zero-order valence-corrected chi connectivity index (χ0v) is 11.7. The number of piperazine rings is 1. The molecule has 17 heavy (non-hydrogen) atoms. The Kier molecular flexibility index (Phi) is 7.04. The van der Waals surface area contributed by atoms with Gasteiger partial charge in [-0.05, 0) is 5.92 Å². The second-order valence-electron chi connectivity index (χ2n) is 5.02. The molecule has 0 aromatic carbocycles. The molecule has 1 saturated heterocycles. The molecule has 0 aromatic rings. The topological polar surface area (TPSA) is 33.7 Å². The summed E-state index contributed by atoms with van der Waals surface area (Å²) in [5.74, 6) is 0.737. The van der Waals surface area contributed by atoms with Crippen molar-refractivity contribution in [3.8, 4) is 0 Å². The van der Waals surface area contributed by atoms with E-state index in [-0.39, 0.29) is 6.10 Å². The minimum Gasteiger partial charge on any atom is -0.382 e. The van der Waals surface area contributed by atoms with Crippen LogP contribution in [0.15, 0.2) is 0 Å². The van der Waals surface area contributed by atoms with E-state index in [4.69, 9.17) is 9.47 Å². The fraction of sp³-hybridized carbons (Fsp3) is 1.00. The van der Waals surface area contributed by atoms with Crippen molar-refractivity contribution < 1.29 is 9.47 Å². The lowest BCUT2D eigenvalue weighted by Crippen LogP contribution is -2.55. The lowest BCUT2D eigenvalue weighted by atomic mass is 9.97. The van der Waals surface area contributed by atoms with E-state index in [0.29, 0.717) is 12.6 Å². The summed E-state index contributed by atoms with van der Waals surface area (Å²) in [7, 11) is 3.49. The molecule has 0 radical (unpaired) electrons. The summed E-state index contributed by atoms with van der Waals surface area (Å²) in [6.45, 7) is 9.54. The normalized spacial score (nSPS) is 25.8. The Morgan fingerprint density at radius 3 is 2.76 bits per heavy atom. The molecule has 1 N–H and O–H groups in total. The van der Waals surface area contributed by atoms with E-state index in [2.05, 4.69) is 24.1 Å². The van der Waals surface area contributed by atoms with Crippen LogP contribution in [-0.4, -0.2) is 64.1 Å². The monoisotopic (exact) mass is 244 g/mol. The molecule has 1 aliphatic rings. The largest absolute Gasteiger partial charge is 0.382 e. The third-order valence-electron chi connectivity index (χ3n) is 3.77. The first-order chi connectivity index (χ1) is 8.21. The highest BCUT2D eigenvalue weighted by atomic mass is 16.5. The second kappa shape index (κ2) is 8.03. The molecule has 1 rings (SSSR count). The Morgan fingerprint density at radius 1 is 1.41 bits per heavy atom. The summed E-state index contributed by atoms with van der Waals surface area (Å²) in [5, 5.41) is 3.61. The van der Waals surface area contributed by atoms with Gasteiger partial charge in [0.2, 0.25) is 0 Å². The standard InChI is InChI=1S/C13H28N2O2/c1-5-11(2)13-9-15(7-6-14-13)8-12(17-4)10-16-3/h11-14H,5-10H2,1-4H3. The highest BCUT2D eigenvalue weighted by molar-refractivity contribution is 4.83. The Hall–Kier alpha value is -0.160. The third kappa shape index (κ3) is 4.92. The average molecular weight is 244 g/mol. The fourth-order valence-corrected chi connectivity index (χ4v) is 2.34. The van der Waals surface area contributed by atoms with Crippen molar-refractivity contribution in [3.05, 3.63) is 0 Å². The molecule has 102 valence electrons. The molecule has 1 heterocycles. The number of rotatable bonds is 7. The smallest absolute Gasteiger partial charge is 0.0931 e. The number of methoxy groups -OCH3 is 2. The van der Waals surface area contributed by atoms with Crippen molar-refractivity contribution in [1.82, 2.24) is 10.2 Å². The van der Waals surface area contributed by atoms with Crippen molar-refractivity contribution >= 4 is 0 Å². The summed E-state index contributed by atoms with van der Waals surface area (Å²) in [6, 6.07) is 0.619. The van der Waals surface area contributed by atoms with Crippen LogP contribution in [-0.2, 0) is 9.47 Å². The van der Waals surface area contributed by atoms with Crippen LogP contribution in [0.3, 0.4) is 0 Å². The van der Waals surface area contributed by atoms with Crippen molar-refractivity contribution in [1.29, 1.82) is 0 Å². The van der Waals surface area contributed by atoms with Gasteiger partial charge in [-0.25, -0.2) is 0 Å². The van der Waals surface area contributed by atoms with Crippen LogP contribution < -0.4 is 5.32 Å². The molecule has 3 atom stereocenters. The lowest BCUT2D eigenvalue weighted by Gasteiger charge is -2.37. The van der Waals surface area contributed by atoms with Gasteiger partial charge >= 0.3 is 0 Å². The van der Waals surface area contributed by atoms with Crippen LogP contribution in [0.2, 0.25) is 0 Å². The molecule has 4 nitrogen and oxygen atoms in total. The van der Waals surface area contributed by atoms with Gasteiger partial charge in [0.25, 0.3) is 0 Å². The van der Waals surface area contributed by atoms with Gasteiger partial charge in [-0.3, -0.25) is 4.90 Å². The molecule has 4 heteroatoms. The van der Waals surface area contributed by atoms with Crippen LogP contribution >= 0.6 is 0 Å². The van der Waals surface area contributed by atoms with Crippen molar-refractivity contribution in [2.24, 2.45) is 5.92 Å². The number of nitrogens with zero attached hydrogens (tertiary/aromatic N) is 1. The van der Waals surface area contributed by atoms with Crippen molar-refractivity contribution in [2.45, 2.75) is 32.4 Å². The van der Waals surface area contributed by atoms with Crippen LogP contribution in [0.25, 0.3) is 0 Å². The highest BCUT2D eigenvalue weighted by Crippen LogP contribution is 2.12. The van der Waals surface area contributed by atoms with Crippen molar-refractivity contribution in [3.63, 3.8) is 0 Å². The van der Waals surface area contributed by atoms with E-state index < -0.39 is 0 Å². The first-order valence-corrected chi connectivity index (χ1v) is 6.68. The van der Waals surface area contributed by atoms with E-state index in [1.165, 1.54) is 6.42 Å². The molecule has 3 unspecified atom stereocenters. The van der Waals surface area contributed by atoms with Gasteiger partial charge in [0.15, 0.2) is 0 Å². The molecule has 0 aliphatic carbocycles. The van der Waals surface area contributed by atoms with Gasteiger partial charge < -0.3 is 14.8 Å². The van der Waals surface area contributed by atoms with Crippen LogP contribution in [0, 0.1) is 5.92 Å². The molecule has 0 bridgehead atoms. The Labute approximate surface area is 106 Å². The summed E-state index contributed by atoms with van der Waals surface area (Å²) in [4.78, 5) is 2.49. The van der Waals surface area contributed by atoms with Gasteiger partial charge in [0.05, 0.1) is 12.7 Å². The molecular weight excluding hydrogens is 216 g/mol. The maximum Gasteiger partial charge on any atom is 0.0931 e. The van der Waals surface area contributed by atoms with E-state index in [9.17, 15) is 0 Å². The number of ether oxygens (including phenoxy) is 2. The van der Waals surface area contributed by atoms with E-state index in [0.717, 1.165) is 32.1 Å². The zero-order valence-electron chi connectivity index (χ0n) is 11.7. The Morgan fingerprint density at radius 2 is 2.18 bits per heavy atom.